The first-order valence-electron chi connectivity index (χ1n) is 12.9. The largest absolute Gasteiger partial charge is 0.355 e. The number of hydrogen-bond donors (Lipinski definition) is 1. The van der Waals surface area contributed by atoms with Gasteiger partial charge in [-0.1, -0.05) is 79.8 Å². The van der Waals surface area contributed by atoms with Crippen LogP contribution in [0.3, 0.4) is 0 Å². The van der Waals surface area contributed by atoms with Gasteiger partial charge in [0.05, 0.1) is 0 Å². The summed E-state index contributed by atoms with van der Waals surface area (Å²) in [4.78, 5) is 14.3. The molecule has 0 aromatic carbocycles. The molecule has 1 amide bonds. The van der Waals surface area contributed by atoms with Crippen molar-refractivity contribution in [3.8, 4) is 0 Å². The minimum absolute atomic E-state index is 0. The van der Waals surface area contributed by atoms with Crippen LogP contribution >= 0.6 is 0 Å². The Labute approximate surface area is 206 Å². The average molecular weight is 457 g/mol. The lowest BCUT2D eigenvalue weighted by molar-refractivity contribution is -0.121. The molecule has 0 spiro atoms. The highest BCUT2D eigenvalue weighted by molar-refractivity contribution is 5.75. The van der Waals surface area contributed by atoms with Gasteiger partial charge in [-0.15, -0.1) is 0 Å². The topological polar surface area (TPSA) is 32.3 Å². The molecule has 0 aliphatic heterocycles. The van der Waals surface area contributed by atoms with Crippen molar-refractivity contribution in [3.05, 3.63) is 72.9 Å². The maximum Gasteiger partial charge on any atom is 0.220 e. The summed E-state index contributed by atoms with van der Waals surface area (Å²) in [6, 6.07) is 1.00. The Morgan fingerprint density at radius 2 is 1.09 bits per heavy atom. The monoisotopic (exact) mass is 456 g/mol. The fourth-order valence-electron chi connectivity index (χ4n) is 3.38. The van der Waals surface area contributed by atoms with Gasteiger partial charge in [0.15, 0.2) is 0 Å². The van der Waals surface area contributed by atoms with Crippen molar-refractivity contribution in [2.75, 3.05) is 13.1 Å². The molecule has 188 valence electrons. The van der Waals surface area contributed by atoms with Crippen molar-refractivity contribution < 1.29 is 6.22 Å². The molecule has 0 heterocycles. The zero-order valence-corrected chi connectivity index (χ0v) is 22.0. The van der Waals surface area contributed by atoms with Crippen LogP contribution in [-0.4, -0.2) is 36.0 Å². The summed E-state index contributed by atoms with van der Waals surface area (Å²) >= 11 is 0. The minimum Gasteiger partial charge on any atom is -0.355 e. The quantitative estimate of drug-likeness (QED) is 0.200. The molecule has 3 nitrogen and oxygen atoms in total. The third-order valence-electron chi connectivity index (χ3n) is 5.15. The summed E-state index contributed by atoms with van der Waals surface area (Å²) in [5.41, 5.74) is 0. The summed E-state index contributed by atoms with van der Waals surface area (Å²) in [7, 11) is 0. The van der Waals surface area contributed by atoms with Crippen LogP contribution in [0.25, 0.3) is 0 Å². The van der Waals surface area contributed by atoms with E-state index in [4.69, 9.17) is 0 Å². The molecule has 3 heteroatoms. The van der Waals surface area contributed by atoms with E-state index in [0.717, 1.165) is 58.0 Å². The molecule has 0 aromatic heterocycles. The van der Waals surface area contributed by atoms with Crippen LogP contribution in [0.15, 0.2) is 72.9 Å². The number of carbonyl (C=O) groups excluding carboxylic acids is 1. The van der Waals surface area contributed by atoms with Gasteiger partial charge in [-0.2, -0.15) is 0 Å². The number of carbonyl (C=O) groups is 1. The highest BCUT2D eigenvalue weighted by Crippen LogP contribution is 2.03. The number of hydrogen-bond acceptors (Lipinski definition) is 2. The number of amides is 1. The first-order chi connectivity index (χ1) is 16.0. The molecule has 1 N–H and O–H groups in total. The van der Waals surface area contributed by atoms with Gasteiger partial charge < -0.3 is 5.32 Å². The second kappa shape index (κ2) is 23.0. The standard InChI is InChI=1S/C30H50N2O.H2/c1-6-7-8-9-10-11-12-13-14-15-16-17-18-19-20-21-22-23-24-25-30(33)31-26-27-32(28(2)3)29(4)5;/h7-8,10-11,13-14,16-17,19-20,22-23,28-29H,6,9,12,15,18,21,24-27H2,1-5H3,(H,31,33);1H/b8-7-,11-10-,14-13-,17-16-,20-19-,23-22-;. The Morgan fingerprint density at radius 1 is 0.697 bits per heavy atom. The summed E-state index contributed by atoms with van der Waals surface area (Å²) in [5.74, 6) is 0.141. The van der Waals surface area contributed by atoms with Crippen molar-refractivity contribution in [3.63, 3.8) is 0 Å². The van der Waals surface area contributed by atoms with Crippen LogP contribution in [0.1, 0.15) is 87.4 Å². The highest BCUT2D eigenvalue weighted by atomic mass is 16.1. The first-order valence-corrected chi connectivity index (χ1v) is 12.9. The summed E-state index contributed by atoms with van der Waals surface area (Å²) < 4.78 is 0. The van der Waals surface area contributed by atoms with Gasteiger partial charge in [0.25, 0.3) is 0 Å². The van der Waals surface area contributed by atoms with E-state index in [1.54, 1.807) is 0 Å². The SMILES string of the molecule is CC/C=C\C/C=C\C/C=C\C/C=C\C/C=C\C/C=C\CCC(=O)NCCN(C(C)C)C(C)C.[HH]. The number of nitrogens with zero attached hydrogens (tertiary/aromatic N) is 1. The molecule has 0 aromatic rings. The summed E-state index contributed by atoms with van der Waals surface area (Å²) in [6.07, 6.45) is 33.7. The first kappa shape index (κ1) is 30.9. The van der Waals surface area contributed by atoms with Crippen molar-refractivity contribution in [2.45, 2.75) is 98.1 Å². The number of allylic oxidation sites excluding steroid dienone is 12. The Bertz CT molecular complexity index is 634. The predicted molar refractivity (Wildman–Crippen MR) is 150 cm³/mol. The van der Waals surface area contributed by atoms with E-state index in [1.165, 1.54) is 0 Å². The van der Waals surface area contributed by atoms with Gasteiger partial charge in [-0.25, -0.2) is 0 Å². The van der Waals surface area contributed by atoms with Crippen molar-refractivity contribution in [1.29, 1.82) is 0 Å². The van der Waals surface area contributed by atoms with E-state index in [1.807, 2.05) is 0 Å². The Morgan fingerprint density at radius 3 is 1.48 bits per heavy atom. The molecule has 0 saturated heterocycles. The fourth-order valence-corrected chi connectivity index (χ4v) is 3.38. The molecule has 0 aliphatic rings. The number of rotatable bonds is 19. The van der Waals surface area contributed by atoms with Crippen LogP contribution in [0.2, 0.25) is 0 Å². The molecule has 0 atom stereocenters. The zero-order chi connectivity index (χ0) is 24.6. The van der Waals surface area contributed by atoms with Crippen LogP contribution in [-0.2, 0) is 4.79 Å². The Balaban J connectivity index is 0. The van der Waals surface area contributed by atoms with Crippen LogP contribution in [0.5, 0.6) is 0 Å². The molecule has 0 aliphatic carbocycles. The Hall–Kier alpha value is -2.13. The molecule has 0 rings (SSSR count). The molecular formula is C30H52N2O. The van der Waals surface area contributed by atoms with E-state index < -0.39 is 0 Å². The molecule has 0 saturated carbocycles. The Kier molecular flexibility index (Phi) is 21.6. The average Bonchev–Trinajstić information content (AvgIpc) is 2.77. The molecule has 33 heavy (non-hydrogen) atoms. The van der Waals surface area contributed by atoms with E-state index in [-0.39, 0.29) is 7.33 Å². The molecule has 0 radical (unpaired) electrons. The minimum atomic E-state index is 0. The maximum atomic E-state index is 12.0. The van der Waals surface area contributed by atoms with E-state index in [0.29, 0.717) is 18.5 Å². The van der Waals surface area contributed by atoms with Gasteiger partial charge in [0.2, 0.25) is 5.91 Å². The third kappa shape index (κ3) is 21.5. The maximum absolute atomic E-state index is 12.0. The lowest BCUT2D eigenvalue weighted by Crippen LogP contribution is -2.42. The van der Waals surface area contributed by atoms with Gasteiger partial charge in [0.1, 0.15) is 0 Å². The second-order valence-electron chi connectivity index (χ2n) is 8.73. The van der Waals surface area contributed by atoms with Gasteiger partial charge in [-0.05, 0) is 72.6 Å². The van der Waals surface area contributed by atoms with Gasteiger partial charge in [0, 0.05) is 33.0 Å². The smallest absolute Gasteiger partial charge is 0.220 e. The predicted octanol–water partition coefficient (Wildman–Crippen LogP) is 7.95. The lowest BCUT2D eigenvalue weighted by atomic mass is 10.2. The van der Waals surface area contributed by atoms with E-state index >= 15 is 0 Å². The van der Waals surface area contributed by atoms with Crippen molar-refractivity contribution in [1.82, 2.24) is 10.2 Å². The van der Waals surface area contributed by atoms with Crippen molar-refractivity contribution >= 4 is 5.91 Å². The van der Waals surface area contributed by atoms with Gasteiger partial charge >= 0.3 is 0 Å². The molecule has 0 fully saturated rings. The van der Waals surface area contributed by atoms with Crippen LogP contribution in [0, 0.1) is 0 Å². The zero-order valence-electron chi connectivity index (χ0n) is 22.0. The summed E-state index contributed by atoms with van der Waals surface area (Å²) in [5, 5.41) is 3.04. The van der Waals surface area contributed by atoms with E-state index in [2.05, 4.69) is 118 Å². The molecule has 0 bridgehead atoms. The lowest BCUT2D eigenvalue weighted by Gasteiger charge is -2.30. The van der Waals surface area contributed by atoms with Gasteiger partial charge in [-0.3, -0.25) is 9.69 Å². The molecular weight excluding hydrogens is 404 g/mol. The van der Waals surface area contributed by atoms with Crippen LogP contribution < -0.4 is 5.32 Å². The van der Waals surface area contributed by atoms with Crippen molar-refractivity contribution in [2.24, 2.45) is 0 Å². The third-order valence-corrected chi connectivity index (χ3v) is 5.15. The number of nitrogens with one attached hydrogen (secondary N) is 1. The van der Waals surface area contributed by atoms with E-state index in [9.17, 15) is 4.79 Å². The molecule has 0 unspecified atom stereocenters. The summed E-state index contributed by atoms with van der Waals surface area (Å²) in [6.45, 7) is 12.6. The normalized spacial score (nSPS) is 13.2. The van der Waals surface area contributed by atoms with Crippen LogP contribution in [0.4, 0.5) is 0 Å². The highest BCUT2D eigenvalue weighted by Gasteiger charge is 2.12. The fraction of sp³-hybridized carbons (Fsp3) is 0.567. The second-order valence-corrected chi connectivity index (χ2v) is 8.73.